The van der Waals surface area contributed by atoms with E-state index in [9.17, 15) is 13.2 Å². The van der Waals surface area contributed by atoms with Gasteiger partial charge in [-0.25, -0.2) is 13.1 Å². The molecule has 0 radical (unpaired) electrons. The van der Waals surface area contributed by atoms with E-state index in [1.54, 1.807) is 31.3 Å². The number of carbonyl (C=O) groups excluding carboxylic acids is 1. The lowest BCUT2D eigenvalue weighted by Gasteiger charge is -2.03. The highest BCUT2D eigenvalue weighted by atomic mass is 32.2. The molecule has 1 amide bonds. The maximum absolute atomic E-state index is 11.7. The van der Waals surface area contributed by atoms with Crippen LogP contribution in [0.1, 0.15) is 35.7 Å². The lowest BCUT2D eigenvalue weighted by molar-refractivity contribution is 0.0963. The van der Waals surface area contributed by atoms with E-state index in [4.69, 9.17) is 0 Å². The van der Waals surface area contributed by atoms with Crippen molar-refractivity contribution in [2.24, 2.45) is 0 Å². The number of amides is 1. The minimum atomic E-state index is -3.26. The first kappa shape index (κ1) is 17.2. The van der Waals surface area contributed by atoms with E-state index in [1.807, 2.05) is 6.92 Å². The Balaban J connectivity index is 2.70. The number of benzene rings is 1. The number of carbonyl (C=O) groups is 1. The molecule has 0 aliphatic carbocycles. The third-order valence-corrected chi connectivity index (χ3v) is 4.18. The Morgan fingerprint density at radius 3 is 2.67 bits per heavy atom. The summed E-state index contributed by atoms with van der Waals surface area (Å²) >= 11 is 0. The van der Waals surface area contributed by atoms with Gasteiger partial charge in [0, 0.05) is 12.6 Å². The molecule has 1 rings (SSSR count). The van der Waals surface area contributed by atoms with Crippen molar-refractivity contribution < 1.29 is 13.2 Å². The highest BCUT2D eigenvalue weighted by molar-refractivity contribution is 7.89. The lowest BCUT2D eigenvalue weighted by atomic mass is 10.1. The molecule has 0 aliphatic heterocycles. The Hall–Kier alpha value is -1.84. The van der Waals surface area contributed by atoms with E-state index < -0.39 is 10.0 Å². The fraction of sp³-hybridized carbons (Fsp3) is 0.400. The van der Waals surface area contributed by atoms with E-state index in [0.717, 1.165) is 6.42 Å². The van der Waals surface area contributed by atoms with E-state index in [-0.39, 0.29) is 18.2 Å². The molecular weight excluding hydrogens is 288 g/mol. The van der Waals surface area contributed by atoms with Crippen LogP contribution >= 0.6 is 0 Å². The van der Waals surface area contributed by atoms with Gasteiger partial charge in [0.2, 0.25) is 10.0 Å². The first-order valence-corrected chi connectivity index (χ1v) is 8.42. The molecule has 0 bridgehead atoms. The molecule has 0 atom stereocenters. The fourth-order valence-corrected chi connectivity index (χ4v) is 2.72. The maximum Gasteiger partial charge on any atom is 0.252 e. The Labute approximate surface area is 126 Å². The second kappa shape index (κ2) is 8.45. The normalized spacial score (nSPS) is 10.6. The average molecular weight is 308 g/mol. The van der Waals surface area contributed by atoms with Gasteiger partial charge in [0.1, 0.15) is 0 Å². The number of hydrogen-bond donors (Lipinski definition) is 2. The van der Waals surface area contributed by atoms with Crippen LogP contribution in [0.2, 0.25) is 0 Å². The maximum atomic E-state index is 11.7. The van der Waals surface area contributed by atoms with Gasteiger partial charge < -0.3 is 5.32 Å². The SMILES string of the molecule is CCCCS(=O)(=O)NCC#Cc1ccccc1C(=O)NC. The molecule has 1 aromatic carbocycles. The average Bonchev–Trinajstić information content (AvgIpc) is 2.49. The largest absolute Gasteiger partial charge is 0.355 e. The van der Waals surface area contributed by atoms with E-state index in [0.29, 0.717) is 17.5 Å². The summed E-state index contributed by atoms with van der Waals surface area (Å²) in [6.45, 7) is 1.97. The van der Waals surface area contributed by atoms with Gasteiger partial charge >= 0.3 is 0 Å². The molecule has 21 heavy (non-hydrogen) atoms. The number of nitrogens with one attached hydrogen (secondary N) is 2. The quantitative estimate of drug-likeness (QED) is 0.773. The second-order valence-electron chi connectivity index (χ2n) is 4.42. The van der Waals surface area contributed by atoms with Crippen molar-refractivity contribution in [2.75, 3.05) is 19.3 Å². The van der Waals surface area contributed by atoms with Crippen LogP contribution in [0.15, 0.2) is 24.3 Å². The molecule has 6 heteroatoms. The lowest BCUT2D eigenvalue weighted by Crippen LogP contribution is -2.26. The van der Waals surface area contributed by atoms with Crippen LogP contribution in [0, 0.1) is 11.8 Å². The molecule has 114 valence electrons. The summed E-state index contributed by atoms with van der Waals surface area (Å²) in [6, 6.07) is 6.93. The van der Waals surface area contributed by atoms with Crippen molar-refractivity contribution in [2.45, 2.75) is 19.8 Å². The van der Waals surface area contributed by atoms with Crippen LogP contribution in [0.25, 0.3) is 0 Å². The van der Waals surface area contributed by atoms with Crippen molar-refractivity contribution in [3.05, 3.63) is 35.4 Å². The number of sulfonamides is 1. The van der Waals surface area contributed by atoms with Gasteiger partial charge in [-0.2, -0.15) is 0 Å². The fourth-order valence-electron chi connectivity index (χ4n) is 1.62. The minimum Gasteiger partial charge on any atom is -0.355 e. The molecule has 0 aromatic heterocycles. The zero-order valence-corrected chi connectivity index (χ0v) is 13.1. The summed E-state index contributed by atoms with van der Waals surface area (Å²) in [5.74, 6) is 5.44. The first-order valence-electron chi connectivity index (χ1n) is 6.77. The Morgan fingerprint density at radius 2 is 2.00 bits per heavy atom. The van der Waals surface area contributed by atoms with Crippen LogP contribution in [-0.2, 0) is 10.0 Å². The monoisotopic (exact) mass is 308 g/mol. The van der Waals surface area contributed by atoms with Gasteiger partial charge in [0.05, 0.1) is 17.9 Å². The van der Waals surface area contributed by atoms with Crippen LogP contribution in [0.3, 0.4) is 0 Å². The van der Waals surface area contributed by atoms with Gasteiger partial charge in [-0.05, 0) is 18.6 Å². The Morgan fingerprint density at radius 1 is 1.29 bits per heavy atom. The third kappa shape index (κ3) is 5.98. The smallest absolute Gasteiger partial charge is 0.252 e. The van der Waals surface area contributed by atoms with Crippen molar-refractivity contribution in [1.29, 1.82) is 0 Å². The summed E-state index contributed by atoms with van der Waals surface area (Å²) in [5.41, 5.74) is 1.05. The van der Waals surface area contributed by atoms with Crippen molar-refractivity contribution in [3.8, 4) is 11.8 Å². The summed E-state index contributed by atoms with van der Waals surface area (Å²) in [6.07, 6.45) is 1.45. The van der Waals surface area contributed by atoms with Gasteiger partial charge in [-0.15, -0.1) is 0 Å². The number of rotatable bonds is 6. The van der Waals surface area contributed by atoms with E-state index in [2.05, 4.69) is 21.9 Å². The third-order valence-electron chi connectivity index (χ3n) is 2.77. The standard InChI is InChI=1S/C15H20N2O3S/c1-3-4-12-21(19,20)17-11-7-9-13-8-5-6-10-14(13)15(18)16-2/h5-6,8,10,17H,3-4,11-12H2,1-2H3,(H,16,18). The molecule has 0 aliphatic rings. The number of hydrogen-bond acceptors (Lipinski definition) is 3. The highest BCUT2D eigenvalue weighted by Crippen LogP contribution is 2.06. The van der Waals surface area contributed by atoms with Crippen molar-refractivity contribution in [3.63, 3.8) is 0 Å². The molecule has 5 nitrogen and oxygen atoms in total. The van der Waals surface area contributed by atoms with E-state index in [1.165, 1.54) is 0 Å². The molecule has 0 unspecified atom stereocenters. The predicted octanol–water partition coefficient (Wildman–Crippen LogP) is 1.12. The predicted molar refractivity (Wildman–Crippen MR) is 83.4 cm³/mol. The van der Waals surface area contributed by atoms with Gasteiger partial charge in [-0.3, -0.25) is 4.79 Å². The van der Waals surface area contributed by atoms with Gasteiger partial charge in [0.15, 0.2) is 0 Å². The minimum absolute atomic E-state index is 0.0358. The summed E-state index contributed by atoms with van der Waals surface area (Å²) in [5, 5.41) is 2.54. The summed E-state index contributed by atoms with van der Waals surface area (Å²) in [4.78, 5) is 11.7. The zero-order valence-electron chi connectivity index (χ0n) is 12.3. The molecule has 0 heterocycles. The van der Waals surface area contributed by atoms with Crippen molar-refractivity contribution in [1.82, 2.24) is 10.0 Å². The van der Waals surface area contributed by atoms with E-state index >= 15 is 0 Å². The molecule has 1 aromatic rings. The molecule has 2 N–H and O–H groups in total. The molecule has 0 fully saturated rings. The summed E-state index contributed by atoms with van der Waals surface area (Å²) < 4.78 is 25.6. The van der Waals surface area contributed by atoms with Gasteiger partial charge in [0.25, 0.3) is 5.91 Å². The zero-order chi connectivity index (χ0) is 15.7. The topological polar surface area (TPSA) is 75.3 Å². The van der Waals surface area contributed by atoms with Crippen molar-refractivity contribution >= 4 is 15.9 Å². The second-order valence-corrected chi connectivity index (χ2v) is 6.35. The molecule has 0 spiro atoms. The Kier molecular flexibility index (Phi) is 6.92. The Bertz CT molecular complexity index is 642. The van der Waals surface area contributed by atoms with Gasteiger partial charge in [-0.1, -0.05) is 37.3 Å². The molecular formula is C15H20N2O3S. The van der Waals surface area contributed by atoms with Crippen LogP contribution in [0.4, 0.5) is 0 Å². The summed E-state index contributed by atoms with van der Waals surface area (Å²) in [7, 11) is -1.71. The van der Waals surface area contributed by atoms with Crippen LogP contribution in [-0.4, -0.2) is 33.7 Å². The first-order chi connectivity index (χ1) is 10.00. The molecule has 0 saturated carbocycles. The number of unbranched alkanes of at least 4 members (excludes halogenated alkanes) is 1. The van der Waals surface area contributed by atoms with Crippen LogP contribution in [0.5, 0.6) is 0 Å². The molecule has 0 saturated heterocycles. The van der Waals surface area contributed by atoms with Crippen LogP contribution < -0.4 is 10.0 Å². The highest BCUT2D eigenvalue weighted by Gasteiger charge is 2.08.